The van der Waals surface area contributed by atoms with Crippen molar-refractivity contribution in [3.8, 4) is 0 Å². The Morgan fingerprint density at radius 3 is 2.00 bits per heavy atom. The molecular weight excluding hydrogens is 162 g/mol. The zero-order valence-electron chi connectivity index (χ0n) is 6.70. The first-order valence-corrected chi connectivity index (χ1v) is 4.06. The molecule has 0 aliphatic carbocycles. The summed E-state index contributed by atoms with van der Waals surface area (Å²) in [6.07, 6.45) is 0. The Hall–Kier alpha value is -0.510. The smallest absolute Gasteiger partial charge is 0.228 e. The van der Waals surface area contributed by atoms with Crippen molar-refractivity contribution < 1.29 is 9.59 Å². The Morgan fingerprint density at radius 2 is 1.91 bits per heavy atom. The lowest BCUT2D eigenvalue weighted by Gasteiger charge is -2.13. The maximum absolute atomic E-state index is 11.0. The predicted molar refractivity (Wildman–Crippen MR) is 46.4 cm³/mol. The van der Waals surface area contributed by atoms with Crippen molar-refractivity contribution in [1.29, 1.82) is 0 Å². The molecule has 0 saturated carbocycles. The van der Waals surface area contributed by atoms with E-state index in [0.29, 0.717) is 0 Å². The molecule has 0 heterocycles. The maximum atomic E-state index is 11.0. The van der Waals surface area contributed by atoms with Crippen molar-refractivity contribution in [2.45, 2.75) is 13.8 Å². The number of amides is 1. The molecule has 0 aromatic carbocycles. The van der Waals surface area contributed by atoms with Crippen LogP contribution < -0.4 is 5.73 Å². The second-order valence-electron chi connectivity index (χ2n) is 2.75. The molecule has 0 aliphatic heterocycles. The van der Waals surface area contributed by atoms with Crippen LogP contribution in [0.2, 0.25) is 0 Å². The van der Waals surface area contributed by atoms with E-state index in [9.17, 15) is 9.59 Å². The highest BCUT2D eigenvalue weighted by molar-refractivity contribution is 7.81. The normalized spacial score (nSPS) is 13.1. The summed E-state index contributed by atoms with van der Waals surface area (Å²) < 4.78 is 0. The van der Waals surface area contributed by atoms with E-state index in [2.05, 4.69) is 12.6 Å². The molecule has 0 rings (SSSR count). The minimum atomic E-state index is -0.674. The van der Waals surface area contributed by atoms with Gasteiger partial charge in [0, 0.05) is 0 Å². The van der Waals surface area contributed by atoms with Gasteiger partial charge in [-0.25, -0.2) is 0 Å². The van der Waals surface area contributed by atoms with Crippen LogP contribution in [0.3, 0.4) is 0 Å². The van der Waals surface area contributed by atoms with Gasteiger partial charge in [0.05, 0.1) is 11.7 Å². The van der Waals surface area contributed by atoms with Crippen molar-refractivity contribution in [2.75, 3.05) is 5.75 Å². The third-order valence-corrected chi connectivity index (χ3v) is 1.79. The van der Waals surface area contributed by atoms with Crippen LogP contribution in [0.1, 0.15) is 13.8 Å². The minimum absolute atomic E-state index is 0.0350. The SMILES string of the molecule is CC(C)C(C(N)=O)C(=O)CS. The average molecular weight is 175 g/mol. The minimum Gasteiger partial charge on any atom is -0.369 e. The van der Waals surface area contributed by atoms with Crippen LogP contribution >= 0.6 is 12.6 Å². The van der Waals surface area contributed by atoms with Gasteiger partial charge in [-0.3, -0.25) is 9.59 Å². The van der Waals surface area contributed by atoms with Gasteiger partial charge in [-0.1, -0.05) is 13.8 Å². The summed E-state index contributed by atoms with van der Waals surface area (Å²) in [5.41, 5.74) is 5.02. The van der Waals surface area contributed by atoms with Gasteiger partial charge in [-0.15, -0.1) is 0 Å². The highest BCUT2D eigenvalue weighted by atomic mass is 32.1. The standard InChI is InChI=1S/C7H13NO2S/c1-4(2)6(7(8)10)5(9)3-11/h4,6,11H,3H2,1-2H3,(H2,8,10). The quantitative estimate of drug-likeness (QED) is 0.475. The second-order valence-corrected chi connectivity index (χ2v) is 3.06. The van der Waals surface area contributed by atoms with E-state index in [1.54, 1.807) is 13.8 Å². The van der Waals surface area contributed by atoms with Gasteiger partial charge >= 0.3 is 0 Å². The molecule has 11 heavy (non-hydrogen) atoms. The van der Waals surface area contributed by atoms with Gasteiger partial charge in [0.15, 0.2) is 5.78 Å². The molecule has 0 fully saturated rings. The monoisotopic (exact) mass is 175 g/mol. The van der Waals surface area contributed by atoms with Gasteiger partial charge in [-0.05, 0) is 5.92 Å². The van der Waals surface area contributed by atoms with E-state index in [-0.39, 0.29) is 17.5 Å². The van der Waals surface area contributed by atoms with Crippen LogP contribution in [-0.4, -0.2) is 17.4 Å². The summed E-state index contributed by atoms with van der Waals surface area (Å²) in [6, 6.07) is 0. The second kappa shape index (κ2) is 4.38. The van der Waals surface area contributed by atoms with E-state index >= 15 is 0 Å². The Balaban J connectivity index is 4.34. The fourth-order valence-corrected chi connectivity index (χ4v) is 1.15. The lowest BCUT2D eigenvalue weighted by Crippen LogP contribution is -2.34. The van der Waals surface area contributed by atoms with Crippen LogP contribution in [0.4, 0.5) is 0 Å². The van der Waals surface area contributed by atoms with E-state index in [4.69, 9.17) is 5.73 Å². The third-order valence-electron chi connectivity index (χ3n) is 1.48. The van der Waals surface area contributed by atoms with Crippen molar-refractivity contribution in [3.63, 3.8) is 0 Å². The molecule has 0 radical (unpaired) electrons. The molecule has 3 nitrogen and oxygen atoms in total. The van der Waals surface area contributed by atoms with Gasteiger partial charge in [0.2, 0.25) is 5.91 Å². The number of Topliss-reactive ketones (excluding diaryl/α,β-unsaturated/α-hetero) is 1. The topological polar surface area (TPSA) is 60.2 Å². The van der Waals surface area contributed by atoms with Gasteiger partial charge in [0.1, 0.15) is 0 Å². The Kier molecular flexibility index (Phi) is 4.18. The molecule has 1 unspecified atom stereocenters. The zero-order valence-corrected chi connectivity index (χ0v) is 7.60. The molecule has 0 aromatic heterocycles. The first-order chi connectivity index (χ1) is 5.00. The number of hydrogen-bond acceptors (Lipinski definition) is 3. The molecule has 1 atom stereocenters. The predicted octanol–water partition coefficient (Wildman–Crippen LogP) is 0.243. The van der Waals surface area contributed by atoms with E-state index in [1.165, 1.54) is 0 Å². The van der Waals surface area contributed by atoms with E-state index in [0.717, 1.165) is 0 Å². The first kappa shape index (κ1) is 10.5. The van der Waals surface area contributed by atoms with E-state index < -0.39 is 11.8 Å². The van der Waals surface area contributed by atoms with Gasteiger partial charge in [-0.2, -0.15) is 12.6 Å². The lowest BCUT2D eigenvalue weighted by atomic mass is 9.92. The van der Waals surface area contributed by atoms with Crippen molar-refractivity contribution in [2.24, 2.45) is 17.6 Å². The molecule has 4 heteroatoms. The molecule has 2 N–H and O–H groups in total. The summed E-state index contributed by atoms with van der Waals surface area (Å²) in [5.74, 6) is -1.39. The number of rotatable bonds is 4. The molecule has 64 valence electrons. The third kappa shape index (κ3) is 2.93. The number of nitrogens with two attached hydrogens (primary N) is 1. The summed E-state index contributed by atoms with van der Waals surface area (Å²) in [5, 5.41) is 0. The number of thiol groups is 1. The summed E-state index contributed by atoms with van der Waals surface area (Å²) in [6.45, 7) is 3.58. The summed E-state index contributed by atoms with van der Waals surface area (Å²) in [7, 11) is 0. The number of carbonyl (C=O) groups excluding carboxylic acids is 2. The van der Waals surface area contributed by atoms with Crippen LogP contribution in [0.25, 0.3) is 0 Å². The summed E-state index contributed by atoms with van der Waals surface area (Å²) >= 11 is 3.79. The maximum Gasteiger partial charge on any atom is 0.228 e. The Bertz CT molecular complexity index is 168. The van der Waals surface area contributed by atoms with Crippen molar-refractivity contribution in [1.82, 2.24) is 0 Å². The zero-order chi connectivity index (χ0) is 9.02. The molecule has 0 aromatic rings. The van der Waals surface area contributed by atoms with E-state index in [1.807, 2.05) is 0 Å². The molecule has 0 bridgehead atoms. The fourth-order valence-electron chi connectivity index (χ4n) is 0.957. The largest absolute Gasteiger partial charge is 0.369 e. The van der Waals surface area contributed by atoms with Crippen LogP contribution in [0.5, 0.6) is 0 Å². The highest BCUT2D eigenvalue weighted by Crippen LogP contribution is 2.11. The average Bonchev–Trinajstić information content (AvgIpc) is 1.85. The molecule has 0 saturated heterocycles. The Labute approximate surface area is 71.7 Å². The number of hydrogen-bond donors (Lipinski definition) is 2. The van der Waals surface area contributed by atoms with Crippen LogP contribution in [0, 0.1) is 11.8 Å². The van der Waals surface area contributed by atoms with Crippen molar-refractivity contribution in [3.05, 3.63) is 0 Å². The lowest BCUT2D eigenvalue weighted by molar-refractivity contribution is -0.132. The number of primary amides is 1. The van der Waals surface area contributed by atoms with Crippen LogP contribution in [-0.2, 0) is 9.59 Å². The van der Waals surface area contributed by atoms with Crippen molar-refractivity contribution >= 4 is 24.3 Å². The van der Waals surface area contributed by atoms with Gasteiger partial charge < -0.3 is 5.73 Å². The summed E-state index contributed by atoms with van der Waals surface area (Å²) in [4.78, 5) is 21.7. The number of ketones is 1. The van der Waals surface area contributed by atoms with Crippen LogP contribution in [0.15, 0.2) is 0 Å². The molecule has 0 aliphatic rings. The molecular formula is C7H13NO2S. The number of carbonyl (C=O) groups is 2. The molecule has 0 spiro atoms. The first-order valence-electron chi connectivity index (χ1n) is 3.43. The molecule has 1 amide bonds. The fraction of sp³-hybridized carbons (Fsp3) is 0.714. The highest BCUT2D eigenvalue weighted by Gasteiger charge is 2.25. The Morgan fingerprint density at radius 1 is 1.45 bits per heavy atom. The van der Waals surface area contributed by atoms with Gasteiger partial charge in [0.25, 0.3) is 0 Å².